The fraction of sp³-hybridized carbons (Fsp3) is 0.500. The Morgan fingerprint density at radius 3 is 2.64 bits per heavy atom. The van der Waals surface area contributed by atoms with Crippen molar-refractivity contribution in [3.05, 3.63) is 23.5 Å². The highest BCUT2D eigenvalue weighted by molar-refractivity contribution is 7.80. The Kier molecular flexibility index (Phi) is 4.07. The lowest BCUT2D eigenvalue weighted by molar-refractivity contribution is 0.357. The van der Waals surface area contributed by atoms with Gasteiger partial charge in [0, 0.05) is 12.8 Å². The molecule has 0 aliphatic rings. The highest BCUT2D eigenvalue weighted by Crippen LogP contribution is 2.20. The largest absolute Gasteiger partial charge is 0.486 e. The first-order valence-corrected chi connectivity index (χ1v) is 5.19. The van der Waals surface area contributed by atoms with E-state index in [0.717, 1.165) is 22.9 Å². The standard InChI is InChI=1S/C10H16N2OS/c1-8-10(9(2)12(3)11-8)13-6-4-5-7-14/h4-5,14H,6-7H2,1-3H3. The summed E-state index contributed by atoms with van der Waals surface area (Å²) in [5.74, 6) is 1.63. The molecule has 0 spiro atoms. The van der Waals surface area contributed by atoms with E-state index in [-0.39, 0.29) is 0 Å². The van der Waals surface area contributed by atoms with Crippen molar-refractivity contribution in [2.24, 2.45) is 7.05 Å². The Morgan fingerprint density at radius 1 is 1.43 bits per heavy atom. The molecule has 3 nitrogen and oxygen atoms in total. The van der Waals surface area contributed by atoms with Crippen LogP contribution in [-0.4, -0.2) is 22.1 Å². The fourth-order valence-corrected chi connectivity index (χ4v) is 1.39. The number of aryl methyl sites for hydroxylation is 2. The van der Waals surface area contributed by atoms with E-state index in [4.69, 9.17) is 4.74 Å². The quantitative estimate of drug-likeness (QED) is 0.609. The first-order chi connectivity index (χ1) is 6.66. The van der Waals surface area contributed by atoms with Crippen LogP contribution in [0.25, 0.3) is 0 Å². The SMILES string of the molecule is Cc1nn(C)c(C)c1OCC=CCS. The highest BCUT2D eigenvalue weighted by Gasteiger charge is 2.09. The first-order valence-electron chi connectivity index (χ1n) is 4.55. The van der Waals surface area contributed by atoms with Crippen LogP contribution >= 0.6 is 12.6 Å². The highest BCUT2D eigenvalue weighted by atomic mass is 32.1. The average Bonchev–Trinajstić information content (AvgIpc) is 2.38. The van der Waals surface area contributed by atoms with Crippen molar-refractivity contribution in [1.82, 2.24) is 9.78 Å². The molecule has 0 amide bonds. The molecule has 0 saturated heterocycles. The molecule has 0 N–H and O–H groups in total. The predicted molar refractivity (Wildman–Crippen MR) is 61.2 cm³/mol. The average molecular weight is 212 g/mol. The second-order valence-electron chi connectivity index (χ2n) is 3.09. The summed E-state index contributed by atoms with van der Waals surface area (Å²) in [6, 6.07) is 0. The van der Waals surface area contributed by atoms with E-state index in [1.807, 2.05) is 37.7 Å². The lowest BCUT2D eigenvalue weighted by Crippen LogP contribution is -1.97. The van der Waals surface area contributed by atoms with Crippen LogP contribution in [0.2, 0.25) is 0 Å². The number of rotatable bonds is 4. The van der Waals surface area contributed by atoms with Gasteiger partial charge in [-0.05, 0) is 13.8 Å². The molecule has 78 valence electrons. The summed E-state index contributed by atoms with van der Waals surface area (Å²) in [4.78, 5) is 0. The van der Waals surface area contributed by atoms with Crippen LogP contribution in [0.3, 0.4) is 0 Å². The summed E-state index contributed by atoms with van der Waals surface area (Å²) in [7, 11) is 1.92. The smallest absolute Gasteiger partial charge is 0.163 e. The molecule has 0 aromatic carbocycles. The summed E-state index contributed by atoms with van der Waals surface area (Å²) in [5, 5.41) is 4.26. The molecule has 0 radical (unpaired) electrons. The molecule has 1 rings (SSSR count). The van der Waals surface area contributed by atoms with Crippen molar-refractivity contribution >= 4 is 12.6 Å². The minimum atomic E-state index is 0.577. The lowest BCUT2D eigenvalue weighted by Gasteiger charge is -2.02. The molecule has 14 heavy (non-hydrogen) atoms. The molecule has 0 atom stereocenters. The molecule has 4 heteroatoms. The van der Waals surface area contributed by atoms with Crippen molar-refractivity contribution in [3.63, 3.8) is 0 Å². The van der Waals surface area contributed by atoms with Gasteiger partial charge in [0.2, 0.25) is 0 Å². The normalized spacial score (nSPS) is 11.1. The number of ether oxygens (including phenoxy) is 1. The maximum absolute atomic E-state index is 5.59. The molecule has 0 bridgehead atoms. The number of aromatic nitrogens is 2. The van der Waals surface area contributed by atoms with Crippen molar-refractivity contribution in [1.29, 1.82) is 0 Å². The van der Waals surface area contributed by atoms with Gasteiger partial charge in [-0.25, -0.2) is 0 Å². The van der Waals surface area contributed by atoms with Crippen LogP contribution < -0.4 is 4.74 Å². The summed E-state index contributed by atoms with van der Waals surface area (Å²) < 4.78 is 7.41. The van der Waals surface area contributed by atoms with E-state index < -0.39 is 0 Å². The van der Waals surface area contributed by atoms with Crippen LogP contribution in [-0.2, 0) is 7.05 Å². The van der Waals surface area contributed by atoms with Crippen LogP contribution in [0.1, 0.15) is 11.4 Å². The first kappa shape index (κ1) is 11.2. The topological polar surface area (TPSA) is 27.1 Å². The third kappa shape index (κ3) is 2.54. The molecule has 0 aliphatic heterocycles. The van der Waals surface area contributed by atoms with E-state index in [2.05, 4.69) is 17.7 Å². The Bertz CT molecular complexity index is 331. The van der Waals surface area contributed by atoms with Crippen LogP contribution in [0.15, 0.2) is 12.2 Å². The lowest BCUT2D eigenvalue weighted by atomic mass is 10.3. The Morgan fingerprint density at radius 2 is 2.14 bits per heavy atom. The summed E-state index contributed by atoms with van der Waals surface area (Å²) in [6.45, 7) is 4.52. The van der Waals surface area contributed by atoms with E-state index in [9.17, 15) is 0 Å². The fourth-order valence-electron chi connectivity index (χ4n) is 1.24. The van der Waals surface area contributed by atoms with Crippen molar-refractivity contribution in [3.8, 4) is 5.75 Å². The van der Waals surface area contributed by atoms with Gasteiger partial charge >= 0.3 is 0 Å². The van der Waals surface area contributed by atoms with E-state index >= 15 is 0 Å². The van der Waals surface area contributed by atoms with Gasteiger partial charge in [-0.1, -0.05) is 12.2 Å². The second kappa shape index (κ2) is 5.10. The summed E-state index contributed by atoms with van der Waals surface area (Å²) in [5.41, 5.74) is 1.99. The van der Waals surface area contributed by atoms with Gasteiger partial charge in [-0.2, -0.15) is 17.7 Å². The van der Waals surface area contributed by atoms with Gasteiger partial charge in [-0.15, -0.1) is 0 Å². The Hall–Kier alpha value is -0.900. The zero-order valence-corrected chi connectivity index (χ0v) is 9.71. The van der Waals surface area contributed by atoms with Gasteiger partial charge in [0.05, 0.1) is 5.69 Å². The van der Waals surface area contributed by atoms with E-state index in [0.29, 0.717) is 6.61 Å². The van der Waals surface area contributed by atoms with E-state index in [1.54, 1.807) is 0 Å². The van der Waals surface area contributed by atoms with Crippen LogP contribution in [0.5, 0.6) is 5.75 Å². The molecule has 0 saturated carbocycles. The molecule has 0 unspecified atom stereocenters. The maximum atomic E-state index is 5.59. The third-order valence-electron chi connectivity index (χ3n) is 2.04. The van der Waals surface area contributed by atoms with Crippen molar-refractivity contribution < 1.29 is 4.74 Å². The van der Waals surface area contributed by atoms with Gasteiger partial charge in [0.25, 0.3) is 0 Å². The van der Waals surface area contributed by atoms with Gasteiger partial charge in [-0.3, -0.25) is 4.68 Å². The predicted octanol–water partition coefficient (Wildman–Crippen LogP) is 1.90. The summed E-state index contributed by atoms with van der Waals surface area (Å²) >= 11 is 4.07. The molecule has 0 aliphatic carbocycles. The maximum Gasteiger partial charge on any atom is 0.163 e. The number of thiol groups is 1. The van der Waals surface area contributed by atoms with E-state index in [1.165, 1.54) is 0 Å². The molecule has 0 fully saturated rings. The van der Waals surface area contributed by atoms with Crippen LogP contribution in [0, 0.1) is 13.8 Å². The number of nitrogens with zero attached hydrogens (tertiary/aromatic N) is 2. The van der Waals surface area contributed by atoms with Crippen LogP contribution in [0.4, 0.5) is 0 Å². The Labute approximate surface area is 90.2 Å². The molecular formula is C10H16N2OS. The molecular weight excluding hydrogens is 196 g/mol. The van der Waals surface area contributed by atoms with Gasteiger partial charge in [0.15, 0.2) is 5.75 Å². The van der Waals surface area contributed by atoms with Crippen molar-refractivity contribution in [2.75, 3.05) is 12.4 Å². The minimum absolute atomic E-state index is 0.577. The third-order valence-corrected chi connectivity index (χ3v) is 2.25. The van der Waals surface area contributed by atoms with Gasteiger partial charge < -0.3 is 4.74 Å². The monoisotopic (exact) mass is 212 g/mol. The summed E-state index contributed by atoms with van der Waals surface area (Å²) in [6.07, 6.45) is 3.92. The molecule has 1 aromatic heterocycles. The molecule has 1 heterocycles. The minimum Gasteiger partial charge on any atom is -0.486 e. The second-order valence-corrected chi connectivity index (χ2v) is 3.45. The zero-order valence-electron chi connectivity index (χ0n) is 8.82. The van der Waals surface area contributed by atoms with Gasteiger partial charge in [0.1, 0.15) is 12.3 Å². The zero-order chi connectivity index (χ0) is 10.6. The van der Waals surface area contributed by atoms with Crippen molar-refractivity contribution in [2.45, 2.75) is 13.8 Å². The number of hydrogen-bond acceptors (Lipinski definition) is 3. The Balaban J connectivity index is 2.62. The molecule has 1 aromatic rings. The number of hydrogen-bond donors (Lipinski definition) is 1.